The van der Waals surface area contributed by atoms with Gasteiger partial charge in [-0.2, -0.15) is 5.10 Å². The average Bonchev–Trinajstić information content (AvgIpc) is 3.30. The molecule has 2 atom stereocenters. The van der Waals surface area contributed by atoms with Gasteiger partial charge in [-0.05, 0) is 54.8 Å². The molecule has 0 fully saturated rings. The van der Waals surface area contributed by atoms with Crippen molar-refractivity contribution in [2.75, 3.05) is 0 Å². The van der Waals surface area contributed by atoms with Crippen molar-refractivity contribution < 1.29 is 4.79 Å². The summed E-state index contributed by atoms with van der Waals surface area (Å²) in [7, 11) is 0. The maximum atomic E-state index is 13.0. The molecule has 4 aromatic rings. The number of carbonyl (C=O) groups excluding carboxylic acids is 1. The summed E-state index contributed by atoms with van der Waals surface area (Å²) in [6.45, 7) is 2.02. The molecule has 162 valence electrons. The lowest BCUT2D eigenvalue weighted by molar-refractivity contribution is 0.0929. The summed E-state index contributed by atoms with van der Waals surface area (Å²) in [4.78, 5) is 13.0. The first-order valence-corrected chi connectivity index (χ1v) is 11.2. The highest BCUT2D eigenvalue weighted by Crippen LogP contribution is 2.27. The van der Waals surface area contributed by atoms with Gasteiger partial charge in [-0.1, -0.05) is 77.8 Å². The summed E-state index contributed by atoms with van der Waals surface area (Å²) in [5.74, 6) is -0.142. The first kappa shape index (κ1) is 22.1. The fourth-order valence-corrected chi connectivity index (χ4v) is 4.00. The number of carbonyl (C=O) groups is 1. The molecule has 1 unspecified atom stereocenters. The molecule has 4 nitrogen and oxygen atoms in total. The van der Waals surface area contributed by atoms with E-state index in [1.165, 1.54) is 0 Å². The summed E-state index contributed by atoms with van der Waals surface area (Å²) in [5, 5.41) is 11.7. The van der Waals surface area contributed by atoms with E-state index in [2.05, 4.69) is 15.5 Å². The smallest absolute Gasteiger partial charge is 0.269 e. The number of nitrogens with zero attached hydrogens (tertiary/aromatic N) is 1. The summed E-state index contributed by atoms with van der Waals surface area (Å²) < 4.78 is 0. The van der Waals surface area contributed by atoms with Crippen molar-refractivity contribution in [2.24, 2.45) is 0 Å². The maximum absolute atomic E-state index is 13.0. The molecule has 3 aromatic carbocycles. The largest absolute Gasteiger partial charge is 0.348 e. The summed E-state index contributed by atoms with van der Waals surface area (Å²) in [6.07, 6.45) is 0.749. The van der Waals surface area contributed by atoms with Gasteiger partial charge in [0.15, 0.2) is 0 Å². The van der Waals surface area contributed by atoms with E-state index in [0.717, 1.165) is 28.8 Å². The monoisotopic (exact) mass is 463 g/mol. The van der Waals surface area contributed by atoms with Crippen molar-refractivity contribution in [3.63, 3.8) is 0 Å². The first-order valence-electron chi connectivity index (χ1n) is 10.4. The number of H-pyrrole nitrogens is 1. The zero-order chi connectivity index (χ0) is 22.5. The molecule has 4 rings (SSSR count). The first-order chi connectivity index (χ1) is 15.5. The Morgan fingerprint density at radius 3 is 2.22 bits per heavy atom. The van der Waals surface area contributed by atoms with E-state index in [4.69, 9.17) is 23.2 Å². The number of hydrogen-bond donors (Lipinski definition) is 2. The lowest BCUT2D eigenvalue weighted by atomic mass is 9.86. The van der Waals surface area contributed by atoms with Gasteiger partial charge in [0.2, 0.25) is 0 Å². The van der Waals surface area contributed by atoms with Crippen LogP contribution < -0.4 is 5.32 Å². The molecule has 0 aliphatic rings. The number of halogens is 2. The molecule has 0 saturated heterocycles. The number of rotatable bonds is 7. The van der Waals surface area contributed by atoms with Gasteiger partial charge in [0.25, 0.3) is 5.91 Å². The van der Waals surface area contributed by atoms with Gasteiger partial charge in [0.1, 0.15) is 5.69 Å². The lowest BCUT2D eigenvalue weighted by Crippen LogP contribution is -2.38. The summed E-state index contributed by atoms with van der Waals surface area (Å²) >= 11 is 12.1. The van der Waals surface area contributed by atoms with E-state index < -0.39 is 0 Å². The standard InChI is InChI=1S/C26H23Cl2N3O/c1-17(29-26(32)25-16-24(30-31-25)20-5-3-2-4-6-20)23(19-9-13-22(28)14-10-19)15-18-7-11-21(27)12-8-18/h2-14,16-17,23H,15H2,1H3,(H,29,32)(H,30,31)/t17?,23-/m0/s1. The van der Waals surface area contributed by atoms with Gasteiger partial charge >= 0.3 is 0 Å². The van der Waals surface area contributed by atoms with E-state index in [1.807, 2.05) is 85.8 Å². The van der Waals surface area contributed by atoms with Gasteiger partial charge in [0, 0.05) is 27.6 Å². The van der Waals surface area contributed by atoms with Crippen molar-refractivity contribution in [1.29, 1.82) is 0 Å². The number of aromatic nitrogens is 2. The molecule has 6 heteroatoms. The zero-order valence-electron chi connectivity index (χ0n) is 17.6. The minimum Gasteiger partial charge on any atom is -0.348 e. The molecule has 0 spiro atoms. The van der Waals surface area contributed by atoms with Crippen LogP contribution in [0.25, 0.3) is 11.3 Å². The molecular formula is C26H23Cl2N3O. The minimum atomic E-state index is -0.192. The Morgan fingerprint density at radius 1 is 0.938 bits per heavy atom. The van der Waals surface area contributed by atoms with Crippen LogP contribution in [0.1, 0.15) is 34.5 Å². The number of hydrogen-bond acceptors (Lipinski definition) is 2. The van der Waals surface area contributed by atoms with Gasteiger partial charge in [0.05, 0.1) is 5.69 Å². The van der Waals surface area contributed by atoms with Crippen LogP contribution in [0.5, 0.6) is 0 Å². The van der Waals surface area contributed by atoms with Crippen LogP contribution in [-0.4, -0.2) is 22.1 Å². The van der Waals surface area contributed by atoms with Crippen molar-refractivity contribution in [1.82, 2.24) is 15.5 Å². The van der Waals surface area contributed by atoms with Crippen LogP contribution >= 0.6 is 23.2 Å². The van der Waals surface area contributed by atoms with E-state index in [1.54, 1.807) is 6.07 Å². The van der Waals surface area contributed by atoms with Crippen LogP contribution in [-0.2, 0) is 6.42 Å². The number of aromatic amines is 1. The highest BCUT2D eigenvalue weighted by molar-refractivity contribution is 6.30. The number of amides is 1. The quantitative estimate of drug-likeness (QED) is 0.327. The second kappa shape index (κ2) is 10.0. The molecule has 32 heavy (non-hydrogen) atoms. The van der Waals surface area contributed by atoms with Gasteiger partial charge < -0.3 is 5.32 Å². The molecule has 0 saturated carbocycles. The van der Waals surface area contributed by atoms with Gasteiger partial charge in [-0.15, -0.1) is 0 Å². The third kappa shape index (κ3) is 5.39. The third-order valence-electron chi connectivity index (χ3n) is 5.52. The molecule has 0 aliphatic carbocycles. The molecule has 1 heterocycles. The van der Waals surface area contributed by atoms with Crippen molar-refractivity contribution in [3.8, 4) is 11.3 Å². The predicted octanol–water partition coefficient (Wildman–Crippen LogP) is 6.53. The summed E-state index contributed by atoms with van der Waals surface area (Å²) in [5.41, 5.74) is 4.36. The Morgan fingerprint density at radius 2 is 1.56 bits per heavy atom. The normalized spacial score (nSPS) is 12.8. The fraction of sp³-hybridized carbons (Fsp3) is 0.154. The second-order valence-electron chi connectivity index (χ2n) is 7.78. The molecule has 1 aromatic heterocycles. The lowest BCUT2D eigenvalue weighted by Gasteiger charge is -2.26. The fourth-order valence-electron chi connectivity index (χ4n) is 3.75. The molecule has 0 aliphatic heterocycles. The van der Waals surface area contributed by atoms with Crippen LogP contribution in [0.4, 0.5) is 0 Å². The third-order valence-corrected chi connectivity index (χ3v) is 6.03. The van der Waals surface area contributed by atoms with Crippen molar-refractivity contribution in [3.05, 3.63) is 112 Å². The van der Waals surface area contributed by atoms with Gasteiger partial charge in [-0.25, -0.2) is 0 Å². The number of benzene rings is 3. The second-order valence-corrected chi connectivity index (χ2v) is 8.66. The summed E-state index contributed by atoms with van der Waals surface area (Å²) in [6, 6.07) is 27.0. The predicted molar refractivity (Wildman–Crippen MR) is 130 cm³/mol. The minimum absolute atomic E-state index is 0.0499. The van der Waals surface area contributed by atoms with E-state index >= 15 is 0 Å². The van der Waals surface area contributed by atoms with Crippen LogP contribution in [0.15, 0.2) is 84.9 Å². The molecular weight excluding hydrogens is 441 g/mol. The average molecular weight is 464 g/mol. The van der Waals surface area contributed by atoms with Gasteiger partial charge in [-0.3, -0.25) is 9.89 Å². The van der Waals surface area contributed by atoms with Crippen molar-refractivity contribution >= 4 is 29.1 Å². The molecule has 0 radical (unpaired) electrons. The topological polar surface area (TPSA) is 57.8 Å². The molecule has 1 amide bonds. The molecule has 0 bridgehead atoms. The van der Waals surface area contributed by atoms with E-state index in [0.29, 0.717) is 15.7 Å². The van der Waals surface area contributed by atoms with E-state index in [-0.39, 0.29) is 17.9 Å². The Labute approximate surface area is 197 Å². The van der Waals surface area contributed by atoms with Crippen LogP contribution in [0.3, 0.4) is 0 Å². The van der Waals surface area contributed by atoms with Crippen LogP contribution in [0.2, 0.25) is 10.0 Å². The Kier molecular flexibility index (Phi) is 6.93. The highest BCUT2D eigenvalue weighted by atomic mass is 35.5. The Balaban J connectivity index is 1.53. The van der Waals surface area contributed by atoms with Crippen molar-refractivity contribution in [2.45, 2.75) is 25.3 Å². The highest BCUT2D eigenvalue weighted by Gasteiger charge is 2.23. The van der Waals surface area contributed by atoms with E-state index in [9.17, 15) is 4.79 Å². The maximum Gasteiger partial charge on any atom is 0.269 e. The van der Waals surface area contributed by atoms with Crippen LogP contribution in [0, 0.1) is 0 Å². The Hall–Kier alpha value is -3.08. The Bertz CT molecular complexity index is 1170. The zero-order valence-corrected chi connectivity index (χ0v) is 19.1. The number of nitrogens with one attached hydrogen (secondary N) is 2. The SMILES string of the molecule is CC(NC(=O)c1cc(-c2ccccc2)n[nH]1)[C@H](Cc1ccc(Cl)cc1)c1ccc(Cl)cc1. The molecule has 2 N–H and O–H groups in total.